The van der Waals surface area contributed by atoms with Crippen LogP contribution in [0.1, 0.15) is 11.8 Å². The molecule has 0 saturated carbocycles. The maximum absolute atomic E-state index is 13.6. The first-order valence-electron chi connectivity index (χ1n) is 9.54. The summed E-state index contributed by atoms with van der Waals surface area (Å²) in [5.41, 5.74) is -1.11. The Balaban J connectivity index is 1.63. The van der Waals surface area contributed by atoms with Gasteiger partial charge in [0.1, 0.15) is 29.6 Å². The van der Waals surface area contributed by atoms with Crippen LogP contribution in [0.3, 0.4) is 0 Å². The van der Waals surface area contributed by atoms with Gasteiger partial charge in [-0.05, 0) is 30.3 Å². The summed E-state index contributed by atoms with van der Waals surface area (Å²) in [5.74, 6) is -5.74. The van der Waals surface area contributed by atoms with Gasteiger partial charge in [-0.25, -0.2) is 18.2 Å². The van der Waals surface area contributed by atoms with E-state index in [1.807, 2.05) is 0 Å². The summed E-state index contributed by atoms with van der Waals surface area (Å²) in [6, 6.07) is 6.29. The highest BCUT2D eigenvalue weighted by Gasteiger charge is 2.47. The van der Waals surface area contributed by atoms with Crippen molar-refractivity contribution in [2.45, 2.75) is 34.6 Å². The summed E-state index contributed by atoms with van der Waals surface area (Å²) in [5, 5.41) is 31.9. The molecule has 0 bridgehead atoms. The molecule has 176 valence electrons. The molecule has 3 N–H and O–H groups in total. The van der Waals surface area contributed by atoms with Crippen molar-refractivity contribution in [2.75, 3.05) is 6.61 Å². The fourth-order valence-corrected chi connectivity index (χ4v) is 4.91. The molecular weight excluding hydrogens is 506 g/mol. The summed E-state index contributed by atoms with van der Waals surface area (Å²) >= 11 is 13.0. The van der Waals surface area contributed by atoms with Crippen molar-refractivity contribution in [3.8, 4) is 11.3 Å². The Morgan fingerprint density at radius 1 is 1.00 bits per heavy atom. The van der Waals surface area contributed by atoms with Crippen molar-refractivity contribution in [1.29, 1.82) is 0 Å². The topological polar surface area (TPSA) is 96.0 Å². The first-order valence-corrected chi connectivity index (χ1v) is 11.2. The minimum atomic E-state index is -1.62. The van der Waals surface area contributed by atoms with E-state index >= 15 is 0 Å². The zero-order chi connectivity index (χ0) is 23.9. The zero-order valence-corrected chi connectivity index (χ0v) is 18.8. The highest BCUT2D eigenvalue weighted by atomic mass is 35.5. The summed E-state index contributed by atoms with van der Waals surface area (Å²) < 4.78 is 51.5. The molecule has 1 fully saturated rings. The predicted molar refractivity (Wildman–Crippen MR) is 115 cm³/mol. The molecule has 4 rings (SSSR count). The van der Waals surface area contributed by atoms with Gasteiger partial charge in [0.2, 0.25) is 5.89 Å². The molecule has 1 aromatic heterocycles. The summed E-state index contributed by atoms with van der Waals surface area (Å²) in [6.07, 6.45) is -2.81. The van der Waals surface area contributed by atoms with Crippen LogP contribution in [-0.2, 0) is 4.74 Å². The average Bonchev–Trinajstić information content (AvgIpc) is 3.26. The molecular formula is C21H16Cl2F3NO5S. The number of aliphatic hydroxyl groups is 3. The van der Waals surface area contributed by atoms with Gasteiger partial charge in [-0.3, -0.25) is 0 Å². The number of oxazole rings is 1. The SMILES string of the molecule is OCC1O[C@H](Sc2ccc(Cl)c(Cl)c2)C(O)[C@@H](c2nc(-c3cc(F)c(F)c(F)c3)co2)[C@H]1O. The summed E-state index contributed by atoms with van der Waals surface area (Å²) in [4.78, 5) is 4.73. The lowest BCUT2D eigenvalue weighted by molar-refractivity contribution is -0.166. The molecule has 3 aromatic rings. The van der Waals surface area contributed by atoms with E-state index in [1.54, 1.807) is 18.2 Å². The van der Waals surface area contributed by atoms with Crippen molar-refractivity contribution in [3.05, 3.63) is 70.0 Å². The number of hydrogen-bond acceptors (Lipinski definition) is 7. The van der Waals surface area contributed by atoms with Crippen LogP contribution in [-0.4, -0.2) is 50.7 Å². The fraction of sp³-hybridized carbons (Fsp3) is 0.286. The monoisotopic (exact) mass is 521 g/mol. The molecule has 0 aliphatic carbocycles. The third-order valence-corrected chi connectivity index (χ3v) is 7.00. The van der Waals surface area contributed by atoms with Crippen molar-refractivity contribution >= 4 is 35.0 Å². The lowest BCUT2D eigenvalue weighted by atomic mass is 9.89. The van der Waals surface area contributed by atoms with Gasteiger partial charge in [-0.15, -0.1) is 0 Å². The Morgan fingerprint density at radius 2 is 1.70 bits per heavy atom. The van der Waals surface area contributed by atoms with Crippen molar-refractivity contribution in [3.63, 3.8) is 0 Å². The maximum atomic E-state index is 13.6. The van der Waals surface area contributed by atoms with Gasteiger partial charge in [-0.2, -0.15) is 0 Å². The molecule has 1 aliphatic rings. The Labute approximate surface area is 199 Å². The van der Waals surface area contributed by atoms with Crippen LogP contribution >= 0.6 is 35.0 Å². The molecule has 12 heteroatoms. The number of nitrogens with zero attached hydrogens (tertiary/aromatic N) is 1. The van der Waals surface area contributed by atoms with Gasteiger partial charge in [0.05, 0.1) is 28.7 Å². The van der Waals surface area contributed by atoms with Crippen molar-refractivity contribution in [1.82, 2.24) is 4.98 Å². The van der Waals surface area contributed by atoms with Crippen LogP contribution in [0.15, 0.2) is 45.9 Å². The minimum Gasteiger partial charge on any atom is -0.448 e. The zero-order valence-electron chi connectivity index (χ0n) is 16.5. The average molecular weight is 522 g/mol. The number of aliphatic hydroxyl groups excluding tert-OH is 3. The van der Waals surface area contributed by atoms with E-state index < -0.39 is 53.7 Å². The molecule has 6 nitrogen and oxygen atoms in total. The number of thioether (sulfide) groups is 1. The van der Waals surface area contributed by atoms with Crippen molar-refractivity contribution < 1.29 is 37.6 Å². The van der Waals surface area contributed by atoms with E-state index in [4.69, 9.17) is 32.4 Å². The van der Waals surface area contributed by atoms with Gasteiger partial charge in [0, 0.05) is 10.5 Å². The van der Waals surface area contributed by atoms with Gasteiger partial charge >= 0.3 is 0 Å². The lowest BCUT2D eigenvalue weighted by Gasteiger charge is -2.40. The van der Waals surface area contributed by atoms with Crippen LogP contribution in [0.25, 0.3) is 11.3 Å². The van der Waals surface area contributed by atoms with Crippen LogP contribution in [0.2, 0.25) is 10.0 Å². The fourth-order valence-electron chi connectivity index (χ4n) is 3.44. The quantitative estimate of drug-likeness (QED) is 0.428. The molecule has 0 radical (unpaired) electrons. The number of hydrogen-bond donors (Lipinski definition) is 3. The van der Waals surface area contributed by atoms with E-state index in [0.717, 1.165) is 30.2 Å². The van der Waals surface area contributed by atoms with E-state index in [0.29, 0.717) is 14.9 Å². The van der Waals surface area contributed by atoms with Crippen molar-refractivity contribution in [2.24, 2.45) is 0 Å². The lowest BCUT2D eigenvalue weighted by Crippen LogP contribution is -2.53. The van der Waals surface area contributed by atoms with Crippen LogP contribution in [0.5, 0.6) is 0 Å². The highest BCUT2D eigenvalue weighted by Crippen LogP contribution is 2.41. The number of halogens is 5. The second kappa shape index (κ2) is 9.83. The second-order valence-corrected chi connectivity index (χ2v) is 9.24. The Hall–Kier alpha value is -1.79. The van der Waals surface area contributed by atoms with E-state index in [2.05, 4.69) is 4.98 Å². The van der Waals surface area contributed by atoms with Crippen LogP contribution < -0.4 is 0 Å². The van der Waals surface area contributed by atoms with E-state index in [9.17, 15) is 28.5 Å². The molecule has 1 saturated heterocycles. The number of rotatable bonds is 5. The third kappa shape index (κ3) is 4.88. The number of aromatic nitrogens is 1. The molecule has 2 aromatic carbocycles. The van der Waals surface area contributed by atoms with Gasteiger partial charge in [-0.1, -0.05) is 35.0 Å². The van der Waals surface area contributed by atoms with Gasteiger partial charge in [0.25, 0.3) is 0 Å². The molecule has 2 heterocycles. The summed E-state index contributed by atoms with van der Waals surface area (Å²) in [6.45, 7) is -0.565. The summed E-state index contributed by atoms with van der Waals surface area (Å²) in [7, 11) is 0. The Morgan fingerprint density at radius 3 is 2.33 bits per heavy atom. The highest BCUT2D eigenvalue weighted by molar-refractivity contribution is 7.99. The van der Waals surface area contributed by atoms with E-state index in [1.165, 1.54) is 0 Å². The molecule has 33 heavy (non-hydrogen) atoms. The van der Waals surface area contributed by atoms with Gasteiger partial charge < -0.3 is 24.5 Å². The molecule has 0 amide bonds. The Kier molecular flexibility index (Phi) is 7.25. The first-order chi connectivity index (χ1) is 15.7. The standard InChI is InChI=1S/C21H16Cl2F3NO5S/c22-10-2-1-9(5-11(10)23)33-21-19(30)16(18(29)15(6-28)32-21)20-27-14(7-31-20)8-3-12(24)17(26)13(25)4-8/h1-5,7,15-16,18-19,21,28-30H,6H2/t15?,16-,18-,19?,21+/m0/s1. The molecule has 1 aliphatic heterocycles. The molecule has 2 unspecified atom stereocenters. The number of benzene rings is 2. The minimum absolute atomic E-state index is 0.0390. The van der Waals surface area contributed by atoms with Crippen LogP contribution in [0.4, 0.5) is 13.2 Å². The molecule has 0 spiro atoms. The van der Waals surface area contributed by atoms with Crippen LogP contribution in [0, 0.1) is 17.5 Å². The maximum Gasteiger partial charge on any atom is 0.203 e. The second-order valence-electron chi connectivity index (χ2n) is 7.25. The smallest absolute Gasteiger partial charge is 0.203 e. The Bertz CT molecular complexity index is 1140. The normalized spacial score (nSPS) is 25.4. The predicted octanol–water partition coefficient (Wildman–Crippen LogP) is 4.38. The van der Waals surface area contributed by atoms with Gasteiger partial charge in [0.15, 0.2) is 17.5 Å². The largest absolute Gasteiger partial charge is 0.448 e. The first kappa shape index (κ1) is 24.3. The number of ether oxygens (including phenoxy) is 1. The van der Waals surface area contributed by atoms with E-state index in [-0.39, 0.29) is 17.1 Å². The molecule has 5 atom stereocenters. The third-order valence-electron chi connectivity index (χ3n) is 5.11.